The minimum absolute atomic E-state index is 0.197. The second-order valence-corrected chi connectivity index (χ2v) is 21.0. The smallest absolute Gasteiger partial charge is 0.282 e. The Kier molecular flexibility index (Phi) is 9.70. The van der Waals surface area contributed by atoms with Crippen molar-refractivity contribution in [2.75, 3.05) is 0 Å². The standard InChI is InChI=1S/C44H34O6P2S2/c45-53(46,47)41-28-14-24-36-37(41)25-13-26-39(36)43-40-27-15-29-42(54(48,49)50)38(40)30-31-44(43,51(32-16-5-1-6-17-32)33-18-7-2-8-19-33)52(34-20-9-3-10-21-34)35-22-11-4-12-23-35/h1-30H,31H2,(H,45,46,47)(H,48,49,50). The van der Waals surface area contributed by atoms with E-state index in [1.165, 1.54) is 12.1 Å². The predicted molar refractivity (Wildman–Crippen MR) is 222 cm³/mol. The van der Waals surface area contributed by atoms with Gasteiger partial charge in [-0.2, -0.15) is 16.8 Å². The highest BCUT2D eigenvalue weighted by Crippen LogP contribution is 2.72. The first kappa shape index (κ1) is 36.2. The van der Waals surface area contributed by atoms with Gasteiger partial charge in [0.15, 0.2) is 0 Å². The monoisotopic (exact) mass is 784 g/mol. The van der Waals surface area contributed by atoms with Crippen LogP contribution in [-0.4, -0.2) is 30.8 Å². The Hall–Kier alpha value is -4.78. The zero-order chi connectivity index (χ0) is 37.5. The van der Waals surface area contributed by atoms with Crippen LogP contribution in [0, 0.1) is 0 Å². The Morgan fingerprint density at radius 2 is 0.852 bits per heavy atom. The molecular formula is C44H34O6P2S2. The van der Waals surface area contributed by atoms with Crippen LogP contribution in [0.5, 0.6) is 0 Å². The van der Waals surface area contributed by atoms with Gasteiger partial charge in [0.05, 0.1) is 4.90 Å². The summed E-state index contributed by atoms with van der Waals surface area (Å²) in [5, 5.41) is 6.38. The molecule has 1 aliphatic rings. The molecule has 8 rings (SSSR count). The second-order valence-electron chi connectivity index (χ2n) is 12.9. The lowest BCUT2D eigenvalue weighted by molar-refractivity contribution is 0.480. The molecule has 7 aromatic rings. The van der Waals surface area contributed by atoms with Crippen molar-refractivity contribution in [3.05, 3.63) is 192 Å². The number of benzene rings is 7. The molecule has 2 N–H and O–H groups in total. The molecule has 0 bridgehead atoms. The minimum atomic E-state index is -4.65. The molecule has 0 atom stereocenters. The quantitative estimate of drug-likeness (QED) is 0.125. The highest BCUT2D eigenvalue weighted by Gasteiger charge is 2.52. The van der Waals surface area contributed by atoms with Crippen LogP contribution in [0.1, 0.15) is 12.0 Å². The predicted octanol–water partition coefficient (Wildman–Crippen LogP) is 6.68. The molecule has 0 radical (unpaired) electrons. The van der Waals surface area contributed by atoms with E-state index in [2.05, 4.69) is 48.5 Å². The van der Waals surface area contributed by atoms with Crippen molar-refractivity contribution in [1.29, 1.82) is 0 Å². The van der Waals surface area contributed by atoms with Crippen LogP contribution in [0.25, 0.3) is 22.4 Å². The molecule has 0 aromatic heterocycles. The molecule has 0 heterocycles. The van der Waals surface area contributed by atoms with Gasteiger partial charge in [0.1, 0.15) is 9.79 Å². The van der Waals surface area contributed by atoms with Crippen LogP contribution in [0.2, 0.25) is 0 Å². The van der Waals surface area contributed by atoms with E-state index in [1.54, 1.807) is 24.3 Å². The maximum Gasteiger partial charge on any atom is 0.295 e. The number of rotatable bonds is 9. The van der Waals surface area contributed by atoms with Gasteiger partial charge in [-0.3, -0.25) is 9.11 Å². The van der Waals surface area contributed by atoms with E-state index in [0.29, 0.717) is 33.2 Å². The summed E-state index contributed by atoms with van der Waals surface area (Å²) in [6, 6.07) is 56.9. The summed E-state index contributed by atoms with van der Waals surface area (Å²) in [6.07, 6.45) is 2.35. The van der Waals surface area contributed by atoms with Crippen LogP contribution in [0.4, 0.5) is 0 Å². The first-order valence-corrected chi connectivity index (χ1v) is 22.8. The van der Waals surface area contributed by atoms with Gasteiger partial charge in [0.2, 0.25) is 0 Å². The first-order valence-electron chi connectivity index (χ1n) is 17.2. The Bertz CT molecular complexity index is 2690. The number of hydrogen-bond acceptors (Lipinski definition) is 4. The fourth-order valence-electron chi connectivity index (χ4n) is 7.81. The van der Waals surface area contributed by atoms with Crippen LogP contribution in [-0.2, 0) is 20.2 Å². The van der Waals surface area contributed by atoms with Crippen molar-refractivity contribution in [1.82, 2.24) is 0 Å². The minimum Gasteiger partial charge on any atom is -0.282 e. The highest BCUT2D eigenvalue weighted by atomic mass is 32.2. The molecule has 54 heavy (non-hydrogen) atoms. The van der Waals surface area contributed by atoms with Gasteiger partial charge >= 0.3 is 0 Å². The van der Waals surface area contributed by atoms with E-state index in [1.807, 2.05) is 97.1 Å². The van der Waals surface area contributed by atoms with Crippen molar-refractivity contribution in [2.45, 2.75) is 21.1 Å². The van der Waals surface area contributed by atoms with Crippen LogP contribution < -0.4 is 31.7 Å². The summed E-state index contributed by atoms with van der Waals surface area (Å²) in [5.74, 6) is 0. The Morgan fingerprint density at radius 3 is 1.31 bits per heavy atom. The van der Waals surface area contributed by atoms with Gasteiger partial charge in [0.25, 0.3) is 20.2 Å². The average Bonchev–Trinajstić information content (AvgIpc) is 3.18. The summed E-state index contributed by atoms with van der Waals surface area (Å²) in [4.78, 5) is -1.23. The maximum absolute atomic E-state index is 13.1. The first-order chi connectivity index (χ1) is 26.1. The van der Waals surface area contributed by atoms with Gasteiger partial charge in [-0.15, -0.1) is 0 Å². The summed E-state index contributed by atoms with van der Waals surface area (Å²) < 4.78 is 72.8. The molecule has 10 heteroatoms. The Morgan fingerprint density at radius 1 is 0.444 bits per heavy atom. The zero-order valence-electron chi connectivity index (χ0n) is 28.8. The molecule has 0 amide bonds. The Balaban J connectivity index is 1.66. The van der Waals surface area contributed by atoms with Crippen molar-refractivity contribution in [3.63, 3.8) is 0 Å². The van der Waals surface area contributed by atoms with Crippen LogP contribution in [0.15, 0.2) is 186 Å². The summed E-state index contributed by atoms with van der Waals surface area (Å²) in [6.45, 7) is 0. The third-order valence-corrected chi connectivity index (χ3v) is 18.4. The molecule has 0 unspecified atom stereocenters. The fraction of sp³-hybridized carbons (Fsp3) is 0.0455. The summed E-state index contributed by atoms with van der Waals surface area (Å²) >= 11 is 0. The van der Waals surface area contributed by atoms with E-state index in [-0.39, 0.29) is 9.79 Å². The molecule has 1 aliphatic carbocycles. The second kappa shape index (κ2) is 14.5. The SMILES string of the molecule is O=S(=O)(O)c1cccc2c1=CCC(P(c1ccccc1)c1ccccc1)(P(c1ccccc1)c1ccccc1)C=2c1cccc2c(S(=O)(=O)O)cccc12. The van der Waals surface area contributed by atoms with Crippen molar-refractivity contribution >= 4 is 79.7 Å². The highest BCUT2D eigenvalue weighted by molar-refractivity contribution is 7.91. The van der Waals surface area contributed by atoms with E-state index >= 15 is 0 Å². The van der Waals surface area contributed by atoms with Crippen molar-refractivity contribution in [3.8, 4) is 0 Å². The third-order valence-electron chi connectivity index (χ3n) is 9.83. The molecule has 0 aliphatic heterocycles. The molecule has 0 spiro atoms. The lowest BCUT2D eigenvalue weighted by Gasteiger charge is -2.50. The Labute approximate surface area is 317 Å². The summed E-state index contributed by atoms with van der Waals surface area (Å²) in [7, 11) is -12.0. The lowest BCUT2D eigenvalue weighted by atomic mass is 9.89. The van der Waals surface area contributed by atoms with E-state index < -0.39 is 41.0 Å². The van der Waals surface area contributed by atoms with E-state index in [0.717, 1.165) is 26.8 Å². The van der Waals surface area contributed by atoms with Gasteiger partial charge in [-0.05, 0) is 82.6 Å². The van der Waals surface area contributed by atoms with Crippen molar-refractivity contribution in [2.24, 2.45) is 0 Å². The molecule has 268 valence electrons. The molecule has 0 fully saturated rings. The van der Waals surface area contributed by atoms with Gasteiger partial charge in [-0.1, -0.05) is 170 Å². The largest absolute Gasteiger partial charge is 0.295 e. The fourth-order valence-corrected chi connectivity index (χ4v) is 17.1. The van der Waals surface area contributed by atoms with Crippen molar-refractivity contribution < 1.29 is 25.9 Å². The normalized spacial score (nSPS) is 14.2. The zero-order valence-corrected chi connectivity index (χ0v) is 32.2. The van der Waals surface area contributed by atoms with Crippen LogP contribution in [0.3, 0.4) is 0 Å². The van der Waals surface area contributed by atoms with Gasteiger partial charge < -0.3 is 0 Å². The lowest BCUT2D eigenvalue weighted by Crippen LogP contribution is -2.48. The number of fused-ring (bicyclic) bond motifs is 2. The molecule has 7 aromatic carbocycles. The molecule has 6 nitrogen and oxygen atoms in total. The van der Waals surface area contributed by atoms with Gasteiger partial charge in [-0.25, -0.2) is 0 Å². The van der Waals surface area contributed by atoms with E-state index in [9.17, 15) is 25.9 Å². The molecule has 0 saturated heterocycles. The molecular weight excluding hydrogens is 751 g/mol. The maximum atomic E-state index is 13.1. The van der Waals surface area contributed by atoms with Gasteiger partial charge in [0, 0.05) is 5.39 Å². The number of hydrogen-bond donors (Lipinski definition) is 2. The van der Waals surface area contributed by atoms with E-state index in [4.69, 9.17) is 0 Å². The van der Waals surface area contributed by atoms with Crippen LogP contribution >= 0.6 is 15.8 Å². The summed E-state index contributed by atoms with van der Waals surface area (Å²) in [5.41, 5.74) is 1.54. The topological polar surface area (TPSA) is 109 Å². The molecule has 0 saturated carbocycles. The third kappa shape index (κ3) is 6.43. The average molecular weight is 785 g/mol.